The number of benzene rings is 8. The molecule has 0 fully saturated rings. The van der Waals surface area contributed by atoms with Crippen molar-refractivity contribution in [1.82, 2.24) is 0 Å². The molecule has 1 aliphatic rings. The highest BCUT2D eigenvalue weighted by atomic mass is 32.2. The van der Waals surface area contributed by atoms with E-state index in [1.165, 1.54) is 27.7 Å². The molecule has 8 aromatic rings. The van der Waals surface area contributed by atoms with Gasteiger partial charge in [-0.15, -0.1) is 0 Å². The topological polar surface area (TPSA) is 534 Å². The molecular weight excluding hydrogens is 1410 g/mol. The average molecular weight is 1470 g/mol. The van der Waals surface area contributed by atoms with Gasteiger partial charge in [-0.25, -0.2) is 0 Å². The number of hydrogen-bond donors (Lipinski definition) is 16. The van der Waals surface area contributed by atoms with Crippen molar-refractivity contribution < 1.29 is 151 Å². The van der Waals surface area contributed by atoms with Crippen molar-refractivity contribution in [2.24, 2.45) is 0 Å². The van der Waals surface area contributed by atoms with Gasteiger partial charge >= 0.3 is 0 Å². The van der Waals surface area contributed by atoms with Gasteiger partial charge in [0.2, 0.25) is 23.0 Å². The van der Waals surface area contributed by atoms with E-state index in [9.17, 15) is 113 Å². The SMILES string of the molecule is CCOc1cc(S(=O)(=O)O)c(C2c3cc(c(O)c(O)c3O)C(c3cc(OC)c(OCC)c(S(=O)(=O)O)c3)c3cc(c(O)c(O)c3O)C(c3cc(OC)c(OCC)cc3S(=O)(=O)O)c3cc(c(O)c(O)c3O)C(c3cc(OC)c(OCC)c(S(=O)(=O)O)c3)c3cc2c(O)c(O)c3O)cc1OC. The van der Waals surface area contributed by atoms with Gasteiger partial charge in [0.05, 0.1) is 54.9 Å². The molecule has 0 heterocycles. The fraction of sp³-hybridized carbons (Fsp3) is 0.250. The lowest BCUT2D eigenvalue weighted by Gasteiger charge is -2.31. The molecule has 0 aromatic heterocycles. The predicted octanol–water partition coefficient (Wildman–Crippen LogP) is 7.80. The van der Waals surface area contributed by atoms with E-state index in [2.05, 4.69) is 0 Å². The Morgan fingerprint density at radius 1 is 0.260 bits per heavy atom. The largest absolute Gasteiger partial charge is 0.504 e. The minimum atomic E-state index is -5.77. The summed E-state index contributed by atoms with van der Waals surface area (Å²) in [6, 6.07) is 8.59. The number of fused-ring (bicyclic) bond motifs is 8. The third kappa shape index (κ3) is 12.8. The molecule has 8 aromatic carbocycles. The van der Waals surface area contributed by atoms with E-state index >= 15 is 0 Å². The van der Waals surface area contributed by atoms with Crippen molar-refractivity contribution in [3.8, 4) is 115 Å². The van der Waals surface area contributed by atoms with Crippen LogP contribution in [0, 0.1) is 0 Å². The minimum Gasteiger partial charge on any atom is -0.504 e. The first-order valence-corrected chi connectivity index (χ1v) is 35.0. The highest BCUT2D eigenvalue weighted by molar-refractivity contribution is 7.86. The summed E-state index contributed by atoms with van der Waals surface area (Å²) in [6.07, 6.45) is 0. The Morgan fingerprint density at radius 3 is 0.700 bits per heavy atom. The maximum absolute atomic E-state index is 14.1. The maximum atomic E-state index is 14.1. The molecule has 9 rings (SSSR count). The lowest BCUT2D eigenvalue weighted by Crippen LogP contribution is -2.16. The molecule has 536 valence electrons. The van der Waals surface area contributed by atoms with Gasteiger partial charge in [-0.1, -0.05) is 0 Å². The Labute approximate surface area is 569 Å². The van der Waals surface area contributed by atoms with Crippen LogP contribution in [-0.2, 0) is 40.5 Å². The normalized spacial score (nSPS) is 15.6. The number of hydrogen-bond acceptors (Lipinski definition) is 28. The number of rotatable bonds is 20. The summed E-state index contributed by atoms with van der Waals surface area (Å²) in [5.41, 5.74) is -11.4. The molecule has 0 amide bonds. The van der Waals surface area contributed by atoms with Gasteiger partial charge in [0.25, 0.3) is 40.5 Å². The molecule has 16 N–H and O–H groups in total. The van der Waals surface area contributed by atoms with Crippen LogP contribution in [0.5, 0.6) is 115 Å². The molecule has 0 atom stereocenters. The predicted molar refractivity (Wildman–Crippen MR) is 345 cm³/mol. The van der Waals surface area contributed by atoms with Gasteiger partial charge in [-0.05, 0) is 111 Å². The number of aromatic hydroxyl groups is 12. The first-order chi connectivity index (χ1) is 46.8. The van der Waals surface area contributed by atoms with E-state index in [4.69, 9.17) is 37.9 Å². The van der Waals surface area contributed by atoms with Crippen LogP contribution >= 0.6 is 0 Å². The molecule has 32 nitrogen and oxygen atoms in total. The lowest BCUT2D eigenvalue weighted by molar-refractivity contribution is 0.300. The molecular formula is C64H64O32S4. The van der Waals surface area contributed by atoms with Crippen molar-refractivity contribution >= 4 is 40.5 Å². The first kappa shape index (κ1) is 73.6. The van der Waals surface area contributed by atoms with Crippen LogP contribution in [0.25, 0.3) is 0 Å². The highest BCUT2D eigenvalue weighted by Crippen LogP contribution is 2.62. The summed E-state index contributed by atoms with van der Waals surface area (Å²) in [4.78, 5) is -4.83. The Balaban J connectivity index is 1.69. The van der Waals surface area contributed by atoms with Gasteiger partial charge in [0.1, 0.15) is 19.6 Å². The second-order valence-corrected chi connectivity index (χ2v) is 27.5. The third-order valence-corrected chi connectivity index (χ3v) is 19.9. The summed E-state index contributed by atoms with van der Waals surface area (Å²) in [6.45, 7) is 4.51. The van der Waals surface area contributed by atoms with Gasteiger partial charge in [0, 0.05) is 80.3 Å². The molecule has 0 saturated carbocycles. The molecule has 0 radical (unpaired) electrons. The summed E-state index contributed by atoms with van der Waals surface area (Å²) in [5, 5.41) is 150. The Hall–Kier alpha value is -10.6. The Bertz CT molecular complexity index is 4680. The maximum Gasteiger partial charge on any atom is 0.298 e. The fourth-order valence-corrected chi connectivity index (χ4v) is 15.1. The standard InChI is InChI=1S/C64H64O32S4/c1-9-93-39-23-43(97(77,78)79)27(21-37(39)89-5)49-33-17-29(51(65)59(73)55(33)69)47(25-13-41(91-7)63(95-11-3)45(15-25)99(83,84)85)31-19-35(57(71)61(75)53(31)67)50(28-22-38(90-6)40(94-10-2)24-44(28)98(80,81)82)36-20-32(54(68)62(76)58(36)72)48(30-18-34(49)56(70)60(74)52(30)66)26-14-42(92-8)64(96-12-4)46(16-26)100(86,87)88/h13-24,47-50,65-76H,9-12H2,1-8H3,(H,77,78,79)(H,80,81,82)(H,83,84,85)(H,86,87,88). The van der Waals surface area contributed by atoms with Gasteiger partial charge in [-0.3, -0.25) is 18.2 Å². The van der Waals surface area contributed by atoms with Crippen molar-refractivity contribution in [2.75, 3.05) is 54.9 Å². The van der Waals surface area contributed by atoms with E-state index in [-0.39, 0.29) is 26.4 Å². The van der Waals surface area contributed by atoms with Crippen LogP contribution in [0.4, 0.5) is 0 Å². The van der Waals surface area contributed by atoms with Crippen molar-refractivity contribution in [1.29, 1.82) is 0 Å². The molecule has 0 aliphatic heterocycles. The van der Waals surface area contributed by atoms with Crippen LogP contribution in [0.1, 0.15) is 118 Å². The first-order valence-electron chi connectivity index (χ1n) is 29.2. The summed E-state index contributed by atoms with van der Waals surface area (Å²) in [7, 11) is -18.7. The molecule has 8 bridgehead atoms. The van der Waals surface area contributed by atoms with Gasteiger partial charge < -0.3 is 99.2 Å². The number of ether oxygens (including phenoxy) is 8. The van der Waals surface area contributed by atoms with Gasteiger partial charge in [-0.2, -0.15) is 33.7 Å². The van der Waals surface area contributed by atoms with E-state index in [1.807, 2.05) is 0 Å². The minimum absolute atomic E-state index is 0.233. The van der Waals surface area contributed by atoms with Crippen molar-refractivity contribution in [3.63, 3.8) is 0 Å². The van der Waals surface area contributed by atoms with E-state index in [0.717, 1.165) is 52.7 Å². The molecule has 1 aliphatic carbocycles. The number of phenols is 12. The zero-order valence-electron chi connectivity index (χ0n) is 53.4. The van der Waals surface area contributed by atoms with Crippen LogP contribution in [0.15, 0.2) is 92.4 Å². The second-order valence-electron chi connectivity index (χ2n) is 22.0. The quantitative estimate of drug-likeness (QED) is 0.0255. The summed E-state index contributed by atoms with van der Waals surface area (Å²) >= 11 is 0. The number of phenolic OH excluding ortho intramolecular Hbond substituents is 12. The molecule has 36 heteroatoms. The summed E-state index contributed by atoms with van der Waals surface area (Å²) in [5.74, 6) is -33.4. The molecule has 0 saturated heterocycles. The van der Waals surface area contributed by atoms with Crippen LogP contribution < -0.4 is 37.9 Å². The summed E-state index contributed by atoms with van der Waals surface area (Å²) < 4.78 is 200. The smallest absolute Gasteiger partial charge is 0.298 e. The Kier molecular flexibility index (Phi) is 20.1. The average Bonchev–Trinajstić information content (AvgIpc) is 0.725. The van der Waals surface area contributed by atoms with Gasteiger partial charge in [0.15, 0.2) is 92.0 Å². The zero-order chi connectivity index (χ0) is 74.1. The van der Waals surface area contributed by atoms with E-state index in [1.54, 1.807) is 0 Å². The highest BCUT2D eigenvalue weighted by Gasteiger charge is 2.43. The van der Waals surface area contributed by atoms with Crippen molar-refractivity contribution in [2.45, 2.75) is 70.9 Å². The van der Waals surface area contributed by atoms with E-state index in [0.29, 0.717) is 48.5 Å². The van der Waals surface area contributed by atoms with Crippen LogP contribution in [0.3, 0.4) is 0 Å². The zero-order valence-corrected chi connectivity index (χ0v) is 56.7. The van der Waals surface area contributed by atoms with Crippen molar-refractivity contribution in [3.05, 3.63) is 140 Å². The lowest BCUT2D eigenvalue weighted by atomic mass is 9.74. The Morgan fingerprint density at radius 2 is 0.490 bits per heavy atom. The van der Waals surface area contributed by atoms with Crippen LogP contribution in [0.2, 0.25) is 0 Å². The molecule has 0 spiro atoms. The second kappa shape index (κ2) is 27.3. The molecule has 100 heavy (non-hydrogen) atoms. The molecule has 0 unspecified atom stereocenters. The monoisotopic (exact) mass is 1470 g/mol. The number of methoxy groups -OCH3 is 4. The third-order valence-electron chi connectivity index (χ3n) is 16.4. The van der Waals surface area contributed by atoms with E-state index < -0.39 is 265 Å². The fourth-order valence-electron chi connectivity index (χ4n) is 12.2. The van der Waals surface area contributed by atoms with Crippen LogP contribution in [-0.4, -0.2) is 168 Å².